The summed E-state index contributed by atoms with van der Waals surface area (Å²) in [6.07, 6.45) is 8.44. The Kier molecular flexibility index (Phi) is 8.48. The van der Waals surface area contributed by atoms with E-state index in [4.69, 9.17) is 0 Å². The molecule has 19 heavy (non-hydrogen) atoms. The van der Waals surface area contributed by atoms with Crippen LogP contribution in [0.1, 0.15) is 66.2 Å². The molecule has 1 rings (SSSR count). The lowest BCUT2D eigenvalue weighted by molar-refractivity contribution is 0.109. The van der Waals surface area contributed by atoms with Gasteiger partial charge in [0.1, 0.15) is 0 Å². The predicted octanol–water partition coefficient (Wildman–Crippen LogP) is 4.96. The molecule has 1 nitrogen and oxygen atoms in total. The Morgan fingerprint density at radius 1 is 1.21 bits per heavy atom. The van der Waals surface area contributed by atoms with Gasteiger partial charge in [-0.3, -0.25) is 0 Å². The summed E-state index contributed by atoms with van der Waals surface area (Å²) in [5.41, 5.74) is 0.587. The zero-order chi connectivity index (χ0) is 14.1. The number of hydrogen-bond donors (Lipinski definition) is 1. The number of hydrogen-bond acceptors (Lipinski definition) is 2. The van der Waals surface area contributed by atoms with Crippen LogP contribution in [0.15, 0.2) is 0 Å². The fourth-order valence-electron chi connectivity index (χ4n) is 3.45. The molecule has 0 bridgehead atoms. The molecular weight excluding hydrogens is 250 g/mol. The van der Waals surface area contributed by atoms with E-state index < -0.39 is 0 Å². The monoisotopic (exact) mass is 285 g/mol. The first-order chi connectivity index (χ1) is 9.09. The molecule has 0 heterocycles. The second-order valence-corrected chi connectivity index (χ2v) is 8.36. The molecule has 1 fully saturated rings. The molecule has 114 valence electrons. The van der Waals surface area contributed by atoms with Crippen LogP contribution in [-0.4, -0.2) is 24.6 Å². The largest absolute Gasteiger partial charge is 0.316 e. The smallest absolute Gasteiger partial charge is 0.00179 e. The van der Waals surface area contributed by atoms with Gasteiger partial charge in [-0.1, -0.05) is 27.7 Å². The van der Waals surface area contributed by atoms with Crippen molar-refractivity contribution in [2.45, 2.75) is 66.2 Å². The molecule has 1 aliphatic carbocycles. The molecule has 0 radical (unpaired) electrons. The van der Waals surface area contributed by atoms with Crippen LogP contribution >= 0.6 is 11.8 Å². The molecule has 1 aliphatic rings. The highest BCUT2D eigenvalue weighted by Crippen LogP contribution is 2.43. The maximum atomic E-state index is 3.66. The third-order valence-corrected chi connectivity index (χ3v) is 5.56. The van der Waals surface area contributed by atoms with Gasteiger partial charge in [0.2, 0.25) is 0 Å². The van der Waals surface area contributed by atoms with E-state index >= 15 is 0 Å². The van der Waals surface area contributed by atoms with Crippen LogP contribution in [0.4, 0.5) is 0 Å². The first kappa shape index (κ1) is 17.4. The van der Waals surface area contributed by atoms with E-state index in [1.54, 1.807) is 0 Å². The van der Waals surface area contributed by atoms with Gasteiger partial charge in [-0.05, 0) is 80.4 Å². The zero-order valence-corrected chi connectivity index (χ0v) is 14.5. The molecule has 2 atom stereocenters. The fourth-order valence-corrected chi connectivity index (χ4v) is 4.11. The molecule has 0 saturated heterocycles. The summed E-state index contributed by atoms with van der Waals surface area (Å²) in [7, 11) is 0. The van der Waals surface area contributed by atoms with Crippen molar-refractivity contribution >= 4 is 11.8 Å². The van der Waals surface area contributed by atoms with Gasteiger partial charge in [0.25, 0.3) is 0 Å². The SMILES string of the molecule is CCCNCC1CCC(C)(C)CC1CCCSCC. The molecule has 0 aromatic rings. The van der Waals surface area contributed by atoms with Crippen LogP contribution in [0.3, 0.4) is 0 Å². The highest BCUT2D eigenvalue weighted by Gasteiger charge is 2.33. The van der Waals surface area contributed by atoms with Crippen molar-refractivity contribution in [1.29, 1.82) is 0 Å². The second kappa shape index (κ2) is 9.28. The minimum atomic E-state index is 0.587. The zero-order valence-electron chi connectivity index (χ0n) is 13.6. The highest BCUT2D eigenvalue weighted by molar-refractivity contribution is 7.99. The lowest BCUT2D eigenvalue weighted by Crippen LogP contribution is -2.36. The molecule has 2 heteroatoms. The first-order valence-electron chi connectivity index (χ1n) is 8.37. The summed E-state index contributed by atoms with van der Waals surface area (Å²) in [5, 5.41) is 3.66. The summed E-state index contributed by atoms with van der Waals surface area (Å²) in [6.45, 7) is 11.9. The van der Waals surface area contributed by atoms with Gasteiger partial charge >= 0.3 is 0 Å². The number of rotatable bonds is 9. The first-order valence-corrected chi connectivity index (χ1v) is 9.53. The summed E-state index contributed by atoms with van der Waals surface area (Å²) >= 11 is 2.10. The van der Waals surface area contributed by atoms with Crippen molar-refractivity contribution in [1.82, 2.24) is 5.32 Å². The van der Waals surface area contributed by atoms with Crippen LogP contribution in [0.2, 0.25) is 0 Å². The Balaban J connectivity index is 2.37. The molecule has 0 aliphatic heterocycles. The fraction of sp³-hybridized carbons (Fsp3) is 1.00. The van der Waals surface area contributed by atoms with E-state index in [0.29, 0.717) is 5.41 Å². The molecule has 1 N–H and O–H groups in total. The van der Waals surface area contributed by atoms with E-state index in [9.17, 15) is 0 Å². The van der Waals surface area contributed by atoms with Gasteiger partial charge in [0.05, 0.1) is 0 Å². The van der Waals surface area contributed by atoms with Crippen molar-refractivity contribution in [2.24, 2.45) is 17.3 Å². The number of thioether (sulfide) groups is 1. The average Bonchev–Trinajstić information content (AvgIpc) is 2.37. The van der Waals surface area contributed by atoms with E-state index in [0.717, 1.165) is 11.8 Å². The Hall–Kier alpha value is 0.310. The molecule has 0 spiro atoms. The van der Waals surface area contributed by atoms with Gasteiger partial charge in [-0.15, -0.1) is 0 Å². The van der Waals surface area contributed by atoms with Crippen molar-refractivity contribution in [2.75, 3.05) is 24.6 Å². The van der Waals surface area contributed by atoms with E-state index in [1.807, 2.05) is 0 Å². The standard InChI is InChI=1S/C17H35NS/c1-5-11-18-14-16-9-10-17(3,4)13-15(16)8-7-12-19-6-2/h15-16,18H,5-14H2,1-4H3. The van der Waals surface area contributed by atoms with Gasteiger partial charge in [0, 0.05) is 0 Å². The summed E-state index contributed by atoms with van der Waals surface area (Å²) < 4.78 is 0. The molecule has 0 aromatic carbocycles. The van der Waals surface area contributed by atoms with Crippen LogP contribution in [0.25, 0.3) is 0 Å². The topological polar surface area (TPSA) is 12.0 Å². The van der Waals surface area contributed by atoms with Crippen molar-refractivity contribution in [3.8, 4) is 0 Å². The minimum absolute atomic E-state index is 0.587. The minimum Gasteiger partial charge on any atom is -0.316 e. The van der Waals surface area contributed by atoms with Crippen LogP contribution in [0.5, 0.6) is 0 Å². The van der Waals surface area contributed by atoms with Crippen LogP contribution < -0.4 is 5.32 Å². The quantitative estimate of drug-likeness (QED) is 0.601. The van der Waals surface area contributed by atoms with Gasteiger partial charge in [-0.2, -0.15) is 11.8 Å². The van der Waals surface area contributed by atoms with Gasteiger partial charge in [-0.25, -0.2) is 0 Å². The molecular formula is C17H35NS. The maximum absolute atomic E-state index is 3.66. The highest BCUT2D eigenvalue weighted by atomic mass is 32.2. The Labute approximate surface area is 125 Å². The van der Waals surface area contributed by atoms with E-state index in [1.165, 1.54) is 63.1 Å². The lowest BCUT2D eigenvalue weighted by atomic mass is 9.66. The Morgan fingerprint density at radius 3 is 2.68 bits per heavy atom. The van der Waals surface area contributed by atoms with Crippen molar-refractivity contribution in [3.05, 3.63) is 0 Å². The summed E-state index contributed by atoms with van der Waals surface area (Å²) in [5.74, 6) is 4.54. The average molecular weight is 286 g/mol. The van der Waals surface area contributed by atoms with Crippen molar-refractivity contribution in [3.63, 3.8) is 0 Å². The molecule has 2 unspecified atom stereocenters. The van der Waals surface area contributed by atoms with Gasteiger partial charge < -0.3 is 5.32 Å². The van der Waals surface area contributed by atoms with E-state index in [2.05, 4.69) is 44.8 Å². The van der Waals surface area contributed by atoms with Crippen molar-refractivity contribution < 1.29 is 0 Å². The molecule has 1 saturated carbocycles. The third kappa shape index (κ3) is 7.04. The second-order valence-electron chi connectivity index (χ2n) is 6.97. The van der Waals surface area contributed by atoms with E-state index in [-0.39, 0.29) is 0 Å². The third-order valence-electron chi connectivity index (χ3n) is 4.57. The normalized spacial score (nSPS) is 26.5. The van der Waals surface area contributed by atoms with Crippen LogP contribution in [0, 0.1) is 17.3 Å². The van der Waals surface area contributed by atoms with Crippen LogP contribution in [-0.2, 0) is 0 Å². The summed E-state index contributed by atoms with van der Waals surface area (Å²) in [4.78, 5) is 0. The number of nitrogens with one attached hydrogen (secondary N) is 1. The summed E-state index contributed by atoms with van der Waals surface area (Å²) in [6, 6.07) is 0. The van der Waals surface area contributed by atoms with Gasteiger partial charge in [0.15, 0.2) is 0 Å². The Morgan fingerprint density at radius 2 is 2.00 bits per heavy atom. The lowest BCUT2D eigenvalue weighted by Gasteiger charge is -2.41. The molecule has 0 amide bonds. The predicted molar refractivity (Wildman–Crippen MR) is 90.0 cm³/mol. The maximum Gasteiger partial charge on any atom is -0.00179 e. The molecule has 0 aromatic heterocycles. The Bertz CT molecular complexity index is 227.